The van der Waals surface area contributed by atoms with Crippen molar-refractivity contribution in [1.82, 2.24) is 4.90 Å². The molecule has 0 aromatic rings. The van der Waals surface area contributed by atoms with Gasteiger partial charge in [-0.2, -0.15) is 10.5 Å². The number of carbonyl (C=O) groups is 1. The summed E-state index contributed by atoms with van der Waals surface area (Å²) in [6.45, 7) is 6.61. The molecule has 15 heavy (non-hydrogen) atoms. The molecule has 0 fully saturated rings. The number of rotatable bonds is 5. The first-order chi connectivity index (χ1) is 7.02. The summed E-state index contributed by atoms with van der Waals surface area (Å²) in [6, 6.07) is 3.93. The lowest BCUT2D eigenvalue weighted by Crippen LogP contribution is -2.38. The fraction of sp³-hybridized carbons (Fsp3) is 0.727. The van der Waals surface area contributed by atoms with Crippen molar-refractivity contribution in [3.63, 3.8) is 0 Å². The molecule has 0 bridgehead atoms. The van der Waals surface area contributed by atoms with Crippen LogP contribution in [0.3, 0.4) is 0 Å². The van der Waals surface area contributed by atoms with Gasteiger partial charge in [-0.25, -0.2) is 0 Å². The highest BCUT2D eigenvalue weighted by Gasteiger charge is 2.20. The molecule has 0 spiro atoms. The Morgan fingerprint density at radius 1 is 1.33 bits per heavy atom. The van der Waals surface area contributed by atoms with Crippen molar-refractivity contribution in [3.8, 4) is 12.1 Å². The summed E-state index contributed by atoms with van der Waals surface area (Å²) in [4.78, 5) is 13.3. The van der Waals surface area contributed by atoms with E-state index in [1.54, 1.807) is 11.8 Å². The maximum atomic E-state index is 11.7. The third-order valence-corrected chi connectivity index (χ3v) is 1.95. The maximum absolute atomic E-state index is 11.7. The zero-order valence-corrected chi connectivity index (χ0v) is 9.53. The van der Waals surface area contributed by atoms with E-state index in [4.69, 9.17) is 10.5 Å². The molecular formula is C11H17N3O. The Morgan fingerprint density at radius 2 is 1.93 bits per heavy atom. The average Bonchev–Trinajstić information content (AvgIpc) is 2.21. The highest BCUT2D eigenvalue weighted by Crippen LogP contribution is 2.06. The van der Waals surface area contributed by atoms with Gasteiger partial charge in [-0.15, -0.1) is 0 Å². The topological polar surface area (TPSA) is 67.9 Å². The van der Waals surface area contributed by atoms with Crippen molar-refractivity contribution in [2.24, 2.45) is 11.8 Å². The summed E-state index contributed by atoms with van der Waals surface area (Å²) < 4.78 is 0. The summed E-state index contributed by atoms with van der Waals surface area (Å²) in [5, 5.41) is 17.1. The predicted octanol–water partition coefficient (Wildman–Crippen LogP) is 1.54. The molecule has 0 saturated heterocycles. The lowest BCUT2D eigenvalue weighted by atomic mass is 10.1. The maximum Gasteiger partial charge on any atom is 0.239 e. The van der Waals surface area contributed by atoms with Crippen LogP contribution in [-0.4, -0.2) is 23.9 Å². The Bertz CT molecular complexity index is 285. The fourth-order valence-electron chi connectivity index (χ4n) is 1.25. The molecule has 1 amide bonds. The normalized spacial score (nSPS) is 11.6. The van der Waals surface area contributed by atoms with Crippen LogP contribution in [-0.2, 0) is 4.79 Å². The summed E-state index contributed by atoms with van der Waals surface area (Å²) in [6.07, 6.45) is 0.316. The van der Waals surface area contributed by atoms with Crippen molar-refractivity contribution in [2.45, 2.75) is 27.2 Å². The SMILES string of the molecule is CC(C)CN(CCC#N)C(=O)C(C)C#N. The van der Waals surface area contributed by atoms with Gasteiger partial charge in [-0.3, -0.25) is 4.79 Å². The lowest BCUT2D eigenvalue weighted by Gasteiger charge is -2.24. The van der Waals surface area contributed by atoms with Crippen LogP contribution < -0.4 is 0 Å². The summed E-state index contributed by atoms with van der Waals surface area (Å²) in [5.41, 5.74) is 0. The molecule has 1 atom stereocenters. The number of nitriles is 2. The first kappa shape index (κ1) is 13.4. The van der Waals surface area contributed by atoms with E-state index in [-0.39, 0.29) is 5.91 Å². The average molecular weight is 207 g/mol. The third kappa shape index (κ3) is 5.02. The van der Waals surface area contributed by atoms with Gasteiger partial charge in [0.1, 0.15) is 5.92 Å². The molecule has 0 aromatic heterocycles. The molecule has 82 valence electrons. The molecule has 0 saturated carbocycles. The lowest BCUT2D eigenvalue weighted by molar-refractivity contribution is -0.133. The molecule has 0 radical (unpaired) electrons. The number of carbonyl (C=O) groups excluding carboxylic acids is 1. The van der Waals surface area contributed by atoms with Gasteiger partial charge in [0.25, 0.3) is 0 Å². The van der Waals surface area contributed by atoms with Gasteiger partial charge in [-0.05, 0) is 12.8 Å². The van der Waals surface area contributed by atoms with Gasteiger partial charge >= 0.3 is 0 Å². The van der Waals surface area contributed by atoms with E-state index in [2.05, 4.69) is 0 Å². The standard InChI is InChI=1S/C11H17N3O/c1-9(2)8-14(6-4-5-12)11(15)10(3)7-13/h9-10H,4,6,8H2,1-3H3. The number of hydrogen-bond donors (Lipinski definition) is 0. The highest BCUT2D eigenvalue weighted by atomic mass is 16.2. The predicted molar refractivity (Wildman–Crippen MR) is 56.4 cm³/mol. The zero-order valence-electron chi connectivity index (χ0n) is 9.53. The minimum atomic E-state index is -0.623. The number of amides is 1. The molecule has 0 rings (SSSR count). The second-order valence-corrected chi connectivity index (χ2v) is 3.94. The van der Waals surface area contributed by atoms with Crippen molar-refractivity contribution in [2.75, 3.05) is 13.1 Å². The van der Waals surface area contributed by atoms with E-state index in [1.807, 2.05) is 26.0 Å². The van der Waals surface area contributed by atoms with E-state index < -0.39 is 5.92 Å². The summed E-state index contributed by atoms with van der Waals surface area (Å²) in [5.74, 6) is -0.456. The van der Waals surface area contributed by atoms with Gasteiger partial charge in [0.05, 0.1) is 18.6 Å². The Morgan fingerprint density at radius 3 is 2.33 bits per heavy atom. The minimum Gasteiger partial charge on any atom is -0.340 e. The van der Waals surface area contributed by atoms with Crippen LogP contribution in [0.5, 0.6) is 0 Å². The van der Waals surface area contributed by atoms with Gasteiger partial charge in [0.2, 0.25) is 5.91 Å². The minimum absolute atomic E-state index is 0.179. The van der Waals surface area contributed by atoms with Gasteiger partial charge < -0.3 is 4.90 Å². The Hall–Kier alpha value is -1.55. The highest BCUT2D eigenvalue weighted by molar-refractivity contribution is 5.80. The van der Waals surface area contributed by atoms with E-state index in [0.717, 1.165) is 0 Å². The van der Waals surface area contributed by atoms with Crippen molar-refractivity contribution in [3.05, 3.63) is 0 Å². The first-order valence-electron chi connectivity index (χ1n) is 5.08. The van der Waals surface area contributed by atoms with Crippen LogP contribution in [0, 0.1) is 34.5 Å². The van der Waals surface area contributed by atoms with Crippen molar-refractivity contribution in [1.29, 1.82) is 10.5 Å². The molecule has 0 N–H and O–H groups in total. The monoisotopic (exact) mass is 207 g/mol. The van der Waals surface area contributed by atoms with Crippen molar-refractivity contribution < 1.29 is 4.79 Å². The largest absolute Gasteiger partial charge is 0.340 e. The Kier molecular flexibility index (Phi) is 6.13. The van der Waals surface area contributed by atoms with Crippen molar-refractivity contribution >= 4 is 5.91 Å². The van der Waals surface area contributed by atoms with E-state index in [0.29, 0.717) is 25.4 Å². The van der Waals surface area contributed by atoms with E-state index >= 15 is 0 Å². The summed E-state index contributed by atoms with van der Waals surface area (Å²) in [7, 11) is 0. The van der Waals surface area contributed by atoms with Crippen LogP contribution in [0.4, 0.5) is 0 Å². The molecule has 0 aliphatic heterocycles. The quantitative estimate of drug-likeness (QED) is 0.686. The fourth-order valence-corrected chi connectivity index (χ4v) is 1.25. The Labute approximate surface area is 91.1 Å². The number of nitrogens with zero attached hydrogens (tertiary/aromatic N) is 3. The van der Waals surface area contributed by atoms with Crippen LogP contribution in [0.2, 0.25) is 0 Å². The van der Waals surface area contributed by atoms with Crippen LogP contribution in [0.25, 0.3) is 0 Å². The molecule has 4 nitrogen and oxygen atoms in total. The van der Waals surface area contributed by atoms with Crippen LogP contribution >= 0.6 is 0 Å². The number of hydrogen-bond acceptors (Lipinski definition) is 3. The molecular weight excluding hydrogens is 190 g/mol. The second kappa shape index (κ2) is 6.84. The zero-order chi connectivity index (χ0) is 11.8. The van der Waals surface area contributed by atoms with Crippen LogP contribution in [0.15, 0.2) is 0 Å². The van der Waals surface area contributed by atoms with Gasteiger partial charge in [0.15, 0.2) is 0 Å². The Balaban J connectivity index is 4.42. The molecule has 0 aliphatic rings. The van der Waals surface area contributed by atoms with Gasteiger partial charge in [-0.1, -0.05) is 13.8 Å². The summed E-state index contributed by atoms with van der Waals surface area (Å²) >= 11 is 0. The van der Waals surface area contributed by atoms with Gasteiger partial charge in [0, 0.05) is 13.1 Å². The molecule has 0 heterocycles. The molecule has 1 unspecified atom stereocenters. The third-order valence-electron chi connectivity index (χ3n) is 1.95. The molecule has 4 heteroatoms. The smallest absolute Gasteiger partial charge is 0.239 e. The first-order valence-corrected chi connectivity index (χ1v) is 5.08. The van der Waals surface area contributed by atoms with E-state index in [1.165, 1.54) is 0 Å². The molecule has 0 aliphatic carbocycles. The molecule has 0 aromatic carbocycles. The van der Waals surface area contributed by atoms with Crippen LogP contribution in [0.1, 0.15) is 27.2 Å². The van der Waals surface area contributed by atoms with E-state index in [9.17, 15) is 4.79 Å². The second-order valence-electron chi connectivity index (χ2n) is 3.94.